The summed E-state index contributed by atoms with van der Waals surface area (Å²) in [6, 6.07) is -0.646. The van der Waals surface area contributed by atoms with Crippen LogP contribution in [-0.4, -0.2) is 34.9 Å². The Morgan fingerprint density at radius 1 is 0.375 bits per heavy atom. The van der Waals surface area contributed by atoms with E-state index >= 15 is 0 Å². The van der Waals surface area contributed by atoms with Crippen LogP contribution in [0, 0.1) is 0 Å². The maximum Gasteiger partial charge on any atom is 0.220 e. The molecule has 0 heterocycles. The minimum Gasteiger partial charge on any atom is -0.394 e. The van der Waals surface area contributed by atoms with E-state index in [0.29, 0.717) is 6.42 Å². The molecule has 0 fully saturated rings. The van der Waals surface area contributed by atoms with E-state index in [1.165, 1.54) is 231 Å². The van der Waals surface area contributed by atoms with Crippen LogP contribution in [-0.2, 0) is 4.79 Å². The Morgan fingerprint density at radius 2 is 0.656 bits per heavy atom. The van der Waals surface area contributed by atoms with Crippen LogP contribution in [0.15, 0.2) is 60.8 Å². The second kappa shape index (κ2) is 55.4. The summed E-state index contributed by atoms with van der Waals surface area (Å²) < 4.78 is 0. The largest absolute Gasteiger partial charge is 0.394 e. The second-order valence-corrected chi connectivity index (χ2v) is 19.3. The Kier molecular flexibility index (Phi) is 53.8. The Labute approximate surface area is 400 Å². The van der Waals surface area contributed by atoms with Crippen molar-refractivity contribution in [1.82, 2.24) is 5.32 Å². The van der Waals surface area contributed by atoms with Crippen molar-refractivity contribution < 1.29 is 15.0 Å². The monoisotopic (exact) mass is 894 g/mol. The maximum atomic E-state index is 12.4. The maximum absolute atomic E-state index is 12.4. The van der Waals surface area contributed by atoms with Gasteiger partial charge >= 0.3 is 0 Å². The number of carbonyl (C=O) groups excluding carboxylic acids is 1. The summed E-state index contributed by atoms with van der Waals surface area (Å²) in [6.07, 6.45) is 78.3. The van der Waals surface area contributed by atoms with Gasteiger partial charge in [0, 0.05) is 6.42 Å². The first-order valence-electron chi connectivity index (χ1n) is 28.5. The number of rotatable bonds is 52. The number of unbranched alkanes of at least 4 members (excludes halogenated alkanes) is 37. The molecular weight excluding hydrogens is 783 g/mol. The quantitative estimate of drug-likeness (QED) is 0.0421. The van der Waals surface area contributed by atoms with Crippen molar-refractivity contribution in [3.05, 3.63) is 60.8 Å². The fourth-order valence-electron chi connectivity index (χ4n) is 8.60. The standard InChI is InChI=1S/C60H111NO3/c1-3-5-7-9-11-13-15-17-19-20-21-22-23-24-25-26-27-28-29-30-31-32-33-34-35-36-37-38-39-40-42-44-46-48-50-52-54-56-60(64)61-58(57-62)59(63)55-53-51-49-47-45-43-41-18-16-14-12-10-8-6-4-2/h16,18,25-26,28-29,45,47,53,55,58-59,62-63H,3-15,17,19-24,27,30-44,46,48-52,54,56-57H2,1-2H3,(H,61,64)/b18-16+,26-25-,29-28-,47-45+,55-53+. The highest BCUT2D eigenvalue weighted by molar-refractivity contribution is 5.76. The third kappa shape index (κ3) is 51.1. The minimum atomic E-state index is -0.871. The molecule has 4 nitrogen and oxygen atoms in total. The van der Waals surface area contributed by atoms with E-state index in [2.05, 4.69) is 67.8 Å². The molecule has 0 aromatic carbocycles. The molecular formula is C60H111NO3. The number of hydrogen-bond donors (Lipinski definition) is 3. The normalized spacial score (nSPS) is 13.2. The molecule has 0 saturated heterocycles. The van der Waals surface area contributed by atoms with E-state index in [1.807, 2.05) is 6.08 Å². The fraction of sp³-hybridized carbons (Fsp3) is 0.817. The molecule has 3 N–H and O–H groups in total. The Bertz CT molecular complexity index is 1060. The molecule has 0 aliphatic rings. The highest BCUT2D eigenvalue weighted by Gasteiger charge is 2.18. The van der Waals surface area contributed by atoms with Crippen LogP contribution in [0.4, 0.5) is 0 Å². The first-order valence-corrected chi connectivity index (χ1v) is 28.5. The third-order valence-electron chi connectivity index (χ3n) is 13.0. The molecule has 0 radical (unpaired) electrons. The smallest absolute Gasteiger partial charge is 0.220 e. The van der Waals surface area contributed by atoms with Crippen molar-refractivity contribution in [3.8, 4) is 0 Å². The summed E-state index contributed by atoms with van der Waals surface area (Å²) in [7, 11) is 0. The van der Waals surface area contributed by atoms with Crippen molar-refractivity contribution in [2.24, 2.45) is 0 Å². The molecule has 4 heteroatoms. The SMILES string of the molecule is CCCCCCC/C=C/CC/C=C/CC/C=C/C(O)C(CO)NC(=O)CCCCCCCCCCCCCCCCCCC/C=C\C/C=C\CCCCCCCCCCCCCCC. The van der Waals surface area contributed by atoms with E-state index < -0.39 is 12.1 Å². The van der Waals surface area contributed by atoms with E-state index in [-0.39, 0.29) is 12.5 Å². The molecule has 0 spiro atoms. The van der Waals surface area contributed by atoms with Crippen LogP contribution >= 0.6 is 0 Å². The van der Waals surface area contributed by atoms with Gasteiger partial charge in [0.05, 0.1) is 18.8 Å². The topological polar surface area (TPSA) is 69.6 Å². The summed E-state index contributed by atoms with van der Waals surface area (Å²) >= 11 is 0. The van der Waals surface area contributed by atoms with Gasteiger partial charge in [0.25, 0.3) is 0 Å². The summed E-state index contributed by atoms with van der Waals surface area (Å²) in [5.74, 6) is -0.0767. The van der Waals surface area contributed by atoms with Crippen molar-refractivity contribution in [1.29, 1.82) is 0 Å². The number of aliphatic hydroxyl groups is 2. The molecule has 2 atom stereocenters. The second-order valence-electron chi connectivity index (χ2n) is 19.3. The van der Waals surface area contributed by atoms with E-state index in [4.69, 9.17) is 0 Å². The van der Waals surface area contributed by atoms with Crippen molar-refractivity contribution in [3.63, 3.8) is 0 Å². The molecule has 0 aliphatic carbocycles. The van der Waals surface area contributed by atoms with E-state index in [9.17, 15) is 15.0 Å². The predicted molar refractivity (Wildman–Crippen MR) is 285 cm³/mol. The number of allylic oxidation sites excluding steroid dienone is 9. The van der Waals surface area contributed by atoms with Crippen molar-refractivity contribution in [2.75, 3.05) is 6.61 Å². The molecule has 374 valence electrons. The fourth-order valence-corrected chi connectivity index (χ4v) is 8.60. The number of carbonyl (C=O) groups is 1. The molecule has 0 aromatic rings. The van der Waals surface area contributed by atoms with Gasteiger partial charge in [0.15, 0.2) is 0 Å². The van der Waals surface area contributed by atoms with Crippen LogP contribution in [0.5, 0.6) is 0 Å². The van der Waals surface area contributed by atoms with E-state index in [0.717, 1.165) is 44.9 Å². The van der Waals surface area contributed by atoms with Crippen LogP contribution in [0.25, 0.3) is 0 Å². The Balaban J connectivity index is 3.46. The summed E-state index contributed by atoms with van der Waals surface area (Å²) in [5, 5.41) is 23.1. The minimum absolute atomic E-state index is 0.0767. The molecule has 0 aliphatic heterocycles. The summed E-state index contributed by atoms with van der Waals surface area (Å²) in [6.45, 7) is 4.29. The van der Waals surface area contributed by atoms with Gasteiger partial charge < -0.3 is 15.5 Å². The number of nitrogens with one attached hydrogen (secondary N) is 1. The highest BCUT2D eigenvalue weighted by atomic mass is 16.3. The van der Waals surface area contributed by atoms with Crippen LogP contribution < -0.4 is 5.32 Å². The highest BCUT2D eigenvalue weighted by Crippen LogP contribution is 2.16. The zero-order valence-corrected chi connectivity index (χ0v) is 43.1. The lowest BCUT2D eigenvalue weighted by molar-refractivity contribution is -0.123. The Morgan fingerprint density at radius 3 is 1.00 bits per heavy atom. The van der Waals surface area contributed by atoms with Gasteiger partial charge in [-0.3, -0.25) is 4.79 Å². The average Bonchev–Trinajstić information content (AvgIpc) is 3.30. The summed E-state index contributed by atoms with van der Waals surface area (Å²) in [4.78, 5) is 12.4. The van der Waals surface area contributed by atoms with Gasteiger partial charge in [-0.05, 0) is 77.0 Å². The van der Waals surface area contributed by atoms with Gasteiger partial charge in [-0.15, -0.1) is 0 Å². The zero-order chi connectivity index (χ0) is 46.3. The first-order chi connectivity index (χ1) is 31.7. The third-order valence-corrected chi connectivity index (χ3v) is 13.0. The van der Waals surface area contributed by atoms with Gasteiger partial charge in [0.1, 0.15) is 0 Å². The zero-order valence-electron chi connectivity index (χ0n) is 43.1. The molecule has 1 amide bonds. The van der Waals surface area contributed by atoms with Crippen LogP contribution in [0.2, 0.25) is 0 Å². The molecule has 0 rings (SSSR count). The van der Waals surface area contributed by atoms with Gasteiger partial charge in [0.2, 0.25) is 5.91 Å². The van der Waals surface area contributed by atoms with Crippen molar-refractivity contribution in [2.45, 2.75) is 309 Å². The number of amides is 1. The van der Waals surface area contributed by atoms with Crippen molar-refractivity contribution >= 4 is 5.91 Å². The van der Waals surface area contributed by atoms with Gasteiger partial charge in [-0.25, -0.2) is 0 Å². The van der Waals surface area contributed by atoms with Crippen LogP contribution in [0.3, 0.4) is 0 Å². The lowest BCUT2D eigenvalue weighted by atomic mass is 10.0. The first kappa shape index (κ1) is 62.1. The van der Waals surface area contributed by atoms with Gasteiger partial charge in [-0.1, -0.05) is 274 Å². The van der Waals surface area contributed by atoms with Gasteiger partial charge in [-0.2, -0.15) is 0 Å². The molecule has 0 bridgehead atoms. The average molecular weight is 895 g/mol. The number of hydrogen-bond acceptors (Lipinski definition) is 3. The molecule has 2 unspecified atom stereocenters. The molecule has 0 aromatic heterocycles. The summed E-state index contributed by atoms with van der Waals surface area (Å²) in [5.41, 5.74) is 0. The lowest BCUT2D eigenvalue weighted by Crippen LogP contribution is -2.45. The number of aliphatic hydroxyl groups excluding tert-OH is 2. The molecule has 64 heavy (non-hydrogen) atoms. The molecule has 0 saturated carbocycles. The Hall–Kier alpha value is -1.91. The van der Waals surface area contributed by atoms with E-state index in [1.54, 1.807) is 6.08 Å². The lowest BCUT2D eigenvalue weighted by Gasteiger charge is -2.19. The van der Waals surface area contributed by atoms with Crippen LogP contribution in [0.1, 0.15) is 296 Å². The predicted octanol–water partition coefficient (Wildman–Crippen LogP) is 18.8.